The molecule has 2 aromatic rings. The molecule has 0 N–H and O–H groups in total. The largest absolute Gasteiger partial charge is 0.489 e. The van der Waals surface area contributed by atoms with Crippen LogP contribution in [0.1, 0.15) is 36.3 Å². The first-order valence-electron chi connectivity index (χ1n) is 10.4. The van der Waals surface area contributed by atoms with Crippen LogP contribution in [0.5, 0.6) is 11.5 Å². The number of nitrogens with zero attached hydrogens (tertiary/aromatic N) is 2. The molecule has 1 aromatic carbocycles. The second-order valence-electron chi connectivity index (χ2n) is 7.89. The standard InChI is InChI=1S/C21H25ClN2O7S/c1-13-20(14(2)31-23-13)32(26,27)24-6-4-16(5-7-24)21(25)30-12-15-10-17(22)19-18(11-15)28-8-3-9-29-19/h10-11,16H,3-9,12H2,1-2H3. The number of halogens is 1. The molecule has 0 radical (unpaired) electrons. The van der Waals surface area contributed by atoms with E-state index in [1.807, 2.05) is 0 Å². The highest BCUT2D eigenvalue weighted by Crippen LogP contribution is 2.38. The third-order valence-electron chi connectivity index (χ3n) is 5.60. The number of hydrogen-bond donors (Lipinski definition) is 0. The summed E-state index contributed by atoms with van der Waals surface area (Å²) in [5.74, 6) is 0.576. The first-order chi connectivity index (χ1) is 15.3. The molecule has 1 fully saturated rings. The minimum atomic E-state index is -3.72. The number of hydrogen-bond acceptors (Lipinski definition) is 8. The molecule has 0 spiro atoms. The van der Waals surface area contributed by atoms with Crippen LogP contribution in [0.4, 0.5) is 0 Å². The lowest BCUT2D eigenvalue weighted by Gasteiger charge is -2.30. The lowest BCUT2D eigenvalue weighted by Crippen LogP contribution is -2.40. The minimum Gasteiger partial charge on any atom is -0.489 e. The van der Waals surface area contributed by atoms with Gasteiger partial charge in [-0.3, -0.25) is 4.79 Å². The Morgan fingerprint density at radius 2 is 1.94 bits per heavy atom. The summed E-state index contributed by atoms with van der Waals surface area (Å²) in [6.45, 7) is 4.73. The van der Waals surface area contributed by atoms with E-state index in [2.05, 4.69) is 5.16 Å². The van der Waals surface area contributed by atoms with Crippen molar-refractivity contribution in [2.45, 2.75) is 44.6 Å². The van der Waals surface area contributed by atoms with E-state index < -0.39 is 10.0 Å². The first kappa shape index (κ1) is 22.9. The fourth-order valence-corrected chi connectivity index (χ4v) is 5.99. The molecule has 4 rings (SSSR count). The maximum Gasteiger partial charge on any atom is 0.309 e. The molecule has 0 atom stereocenters. The molecule has 0 bridgehead atoms. The number of carbonyl (C=O) groups excluding carboxylic acids is 1. The molecule has 0 aliphatic carbocycles. The second-order valence-corrected chi connectivity index (χ2v) is 10.2. The maximum atomic E-state index is 12.9. The summed E-state index contributed by atoms with van der Waals surface area (Å²) < 4.78 is 49.0. The Balaban J connectivity index is 1.34. The van der Waals surface area contributed by atoms with E-state index in [-0.39, 0.29) is 42.2 Å². The SMILES string of the molecule is Cc1noc(C)c1S(=O)(=O)N1CCC(C(=O)OCc2cc(Cl)c3c(c2)OCCCO3)CC1. The quantitative estimate of drug-likeness (QED) is 0.595. The van der Waals surface area contributed by atoms with E-state index in [1.54, 1.807) is 26.0 Å². The van der Waals surface area contributed by atoms with Gasteiger partial charge in [0.25, 0.3) is 0 Å². The number of aromatic nitrogens is 1. The fourth-order valence-electron chi connectivity index (χ4n) is 3.94. The predicted molar refractivity (Wildman–Crippen MR) is 114 cm³/mol. The van der Waals surface area contributed by atoms with Crippen LogP contribution < -0.4 is 9.47 Å². The van der Waals surface area contributed by atoms with Crippen LogP contribution in [-0.2, 0) is 26.2 Å². The molecule has 2 aliphatic rings. The molecule has 0 amide bonds. The molecule has 1 aromatic heterocycles. The molecule has 9 nitrogen and oxygen atoms in total. The van der Waals surface area contributed by atoms with Gasteiger partial charge in [-0.1, -0.05) is 16.8 Å². The normalized spacial score (nSPS) is 17.7. The highest BCUT2D eigenvalue weighted by molar-refractivity contribution is 7.89. The molecule has 2 aliphatic heterocycles. The van der Waals surface area contributed by atoms with E-state index in [1.165, 1.54) is 4.31 Å². The zero-order valence-corrected chi connectivity index (χ0v) is 19.5. The number of benzene rings is 1. The van der Waals surface area contributed by atoms with Gasteiger partial charge in [0.05, 0.1) is 24.2 Å². The molecular weight excluding hydrogens is 460 g/mol. The van der Waals surface area contributed by atoms with Crippen molar-refractivity contribution < 1.29 is 31.9 Å². The van der Waals surface area contributed by atoms with Gasteiger partial charge < -0.3 is 18.7 Å². The van der Waals surface area contributed by atoms with Crippen LogP contribution >= 0.6 is 11.6 Å². The number of rotatable bonds is 5. The number of piperidine rings is 1. The Kier molecular flexibility index (Phi) is 6.64. The van der Waals surface area contributed by atoms with E-state index in [0.29, 0.717) is 53.8 Å². The van der Waals surface area contributed by atoms with Gasteiger partial charge in [-0.25, -0.2) is 8.42 Å². The van der Waals surface area contributed by atoms with Crippen molar-refractivity contribution in [3.63, 3.8) is 0 Å². The number of sulfonamides is 1. The van der Waals surface area contributed by atoms with Crippen molar-refractivity contribution >= 4 is 27.6 Å². The van der Waals surface area contributed by atoms with Crippen LogP contribution in [0.15, 0.2) is 21.6 Å². The van der Waals surface area contributed by atoms with Crippen molar-refractivity contribution in [1.82, 2.24) is 9.46 Å². The van der Waals surface area contributed by atoms with Crippen molar-refractivity contribution in [3.8, 4) is 11.5 Å². The number of carbonyl (C=O) groups is 1. The van der Waals surface area contributed by atoms with Gasteiger partial charge in [-0.15, -0.1) is 0 Å². The zero-order valence-electron chi connectivity index (χ0n) is 17.9. The molecule has 174 valence electrons. The van der Waals surface area contributed by atoms with Gasteiger partial charge in [0.2, 0.25) is 10.0 Å². The van der Waals surface area contributed by atoms with Gasteiger partial charge in [-0.2, -0.15) is 4.31 Å². The Morgan fingerprint density at radius 1 is 1.22 bits per heavy atom. The van der Waals surface area contributed by atoms with Gasteiger partial charge in [0.15, 0.2) is 17.3 Å². The number of esters is 1. The van der Waals surface area contributed by atoms with E-state index in [9.17, 15) is 13.2 Å². The number of aryl methyl sites for hydroxylation is 2. The number of fused-ring (bicyclic) bond motifs is 1. The maximum absolute atomic E-state index is 12.9. The number of ether oxygens (including phenoxy) is 3. The molecule has 0 saturated carbocycles. The van der Waals surface area contributed by atoms with E-state index in [0.717, 1.165) is 6.42 Å². The molecule has 3 heterocycles. The van der Waals surface area contributed by atoms with Gasteiger partial charge in [0.1, 0.15) is 17.2 Å². The lowest BCUT2D eigenvalue weighted by atomic mass is 9.98. The van der Waals surface area contributed by atoms with Gasteiger partial charge in [-0.05, 0) is 44.4 Å². The summed E-state index contributed by atoms with van der Waals surface area (Å²) in [6, 6.07) is 3.46. The zero-order chi connectivity index (χ0) is 22.9. The highest BCUT2D eigenvalue weighted by atomic mass is 35.5. The average molecular weight is 485 g/mol. The van der Waals surface area contributed by atoms with Crippen molar-refractivity contribution in [3.05, 3.63) is 34.2 Å². The Bertz CT molecular complexity index is 1090. The highest BCUT2D eigenvalue weighted by Gasteiger charge is 2.36. The summed E-state index contributed by atoms with van der Waals surface area (Å²) in [6.07, 6.45) is 1.52. The summed E-state index contributed by atoms with van der Waals surface area (Å²) >= 11 is 6.29. The van der Waals surface area contributed by atoms with Crippen LogP contribution in [0.25, 0.3) is 0 Å². The average Bonchev–Trinajstić information content (AvgIpc) is 2.96. The van der Waals surface area contributed by atoms with Gasteiger partial charge in [0, 0.05) is 19.5 Å². The minimum absolute atomic E-state index is 0.0484. The summed E-state index contributed by atoms with van der Waals surface area (Å²) in [7, 11) is -3.72. The summed E-state index contributed by atoms with van der Waals surface area (Å²) in [4.78, 5) is 12.7. The molecule has 1 saturated heterocycles. The first-order valence-corrected chi connectivity index (χ1v) is 12.3. The van der Waals surface area contributed by atoms with Crippen molar-refractivity contribution in [2.75, 3.05) is 26.3 Å². The van der Waals surface area contributed by atoms with Gasteiger partial charge >= 0.3 is 5.97 Å². The van der Waals surface area contributed by atoms with Crippen molar-refractivity contribution in [2.24, 2.45) is 5.92 Å². The Morgan fingerprint density at radius 3 is 2.62 bits per heavy atom. The predicted octanol–water partition coefficient (Wildman–Crippen LogP) is 3.25. The van der Waals surface area contributed by atoms with E-state index in [4.69, 9.17) is 30.3 Å². The van der Waals surface area contributed by atoms with Crippen LogP contribution in [0, 0.1) is 19.8 Å². The molecule has 11 heteroatoms. The Labute approximate surface area is 191 Å². The van der Waals surface area contributed by atoms with Crippen LogP contribution in [0.3, 0.4) is 0 Å². The second kappa shape index (κ2) is 9.29. The van der Waals surface area contributed by atoms with Crippen LogP contribution in [-0.4, -0.2) is 50.2 Å². The summed E-state index contributed by atoms with van der Waals surface area (Å²) in [5, 5.41) is 4.14. The monoisotopic (exact) mass is 484 g/mol. The van der Waals surface area contributed by atoms with Crippen molar-refractivity contribution in [1.29, 1.82) is 0 Å². The lowest BCUT2D eigenvalue weighted by molar-refractivity contribution is -0.151. The van der Waals surface area contributed by atoms with Crippen LogP contribution in [0.2, 0.25) is 5.02 Å². The van der Waals surface area contributed by atoms with E-state index >= 15 is 0 Å². The molecule has 0 unspecified atom stereocenters. The topological polar surface area (TPSA) is 108 Å². The summed E-state index contributed by atoms with van der Waals surface area (Å²) in [5.41, 5.74) is 1.03. The molecular formula is C21H25ClN2O7S. The smallest absolute Gasteiger partial charge is 0.309 e. The third kappa shape index (κ3) is 4.57. The molecule has 32 heavy (non-hydrogen) atoms. The fraction of sp³-hybridized carbons (Fsp3) is 0.524. The Hall–Kier alpha value is -2.30. The third-order valence-corrected chi connectivity index (χ3v) is 8.02.